The summed E-state index contributed by atoms with van der Waals surface area (Å²) in [6, 6.07) is 7.69. The Bertz CT molecular complexity index is 2620. The number of imide groups is 4. The van der Waals surface area contributed by atoms with E-state index in [2.05, 4.69) is 25.8 Å². The number of ether oxygens (including phenoxy) is 5. The average Bonchev–Trinajstić information content (AvgIpc) is 3.85. The molecule has 8 aliphatic rings. The average molecular weight is 1130 g/mol. The van der Waals surface area contributed by atoms with E-state index >= 15 is 0 Å². The van der Waals surface area contributed by atoms with Crippen molar-refractivity contribution in [2.75, 3.05) is 78.7 Å². The van der Waals surface area contributed by atoms with Crippen molar-refractivity contribution in [2.45, 2.75) is 168 Å². The summed E-state index contributed by atoms with van der Waals surface area (Å²) in [5, 5.41) is 7.65. The van der Waals surface area contributed by atoms with Crippen molar-refractivity contribution in [3.8, 4) is 11.5 Å². The third-order valence-electron chi connectivity index (χ3n) is 15.7. The molecule has 0 spiro atoms. The number of nitrogens with one attached hydrogen (secondary N) is 3. The topological polar surface area (TPSA) is 252 Å². The van der Waals surface area contributed by atoms with Crippen LogP contribution in [0.2, 0.25) is 0 Å². The molecule has 0 aliphatic carbocycles. The van der Waals surface area contributed by atoms with Gasteiger partial charge in [0, 0.05) is 52.1 Å². The van der Waals surface area contributed by atoms with Gasteiger partial charge in [0.1, 0.15) is 29.2 Å². The monoisotopic (exact) mass is 1130 g/mol. The summed E-state index contributed by atoms with van der Waals surface area (Å²) < 4.78 is 29.4. The summed E-state index contributed by atoms with van der Waals surface area (Å²) in [6.07, 6.45) is 11.5. The number of unbranched alkanes of at least 4 members (excludes halogenated alkanes) is 4. The molecule has 2 aromatic carbocycles. The van der Waals surface area contributed by atoms with Gasteiger partial charge in [-0.2, -0.15) is 0 Å². The second-order valence-electron chi connectivity index (χ2n) is 22.8. The number of piperidine rings is 4. The highest BCUT2D eigenvalue weighted by atomic mass is 16.6. The third-order valence-corrected chi connectivity index (χ3v) is 15.7. The molecule has 0 bridgehead atoms. The molecule has 9 amide bonds. The number of carbonyl (C=O) groups excluding carboxylic acids is 9. The molecule has 22 nitrogen and oxygen atoms in total. The Morgan fingerprint density at radius 1 is 0.531 bits per heavy atom. The minimum Gasteiger partial charge on any atom is -0.494 e. The SMILES string of the molecule is C.C.CC(C)(C)OC(=O)N1CC(OC2CCN(CCCCCOc3ccc4c(c3)C(=O)N(C3CCC(=O)NC3=O)C4=O)CC2)C1.O=C1CCC(N2C(=O)c3ccc(OCCCCCN4CCC(OC5CNC5)CC4)cc3C2=O)C(=O)N1. The Kier molecular flexibility index (Phi) is 21.6. The number of hydrogen-bond acceptors (Lipinski definition) is 17. The summed E-state index contributed by atoms with van der Waals surface area (Å²) in [4.78, 5) is 119. The van der Waals surface area contributed by atoms with Crippen LogP contribution >= 0.6 is 0 Å². The number of nitrogens with zero attached hydrogens (tertiary/aromatic N) is 5. The first-order valence-electron chi connectivity index (χ1n) is 28.4. The molecule has 8 aliphatic heterocycles. The molecule has 6 saturated heterocycles. The fourth-order valence-corrected chi connectivity index (χ4v) is 11.1. The van der Waals surface area contributed by atoms with Crippen LogP contribution in [0.25, 0.3) is 0 Å². The molecular formula is C59H84N8O14. The van der Waals surface area contributed by atoms with Crippen molar-refractivity contribution < 1.29 is 66.8 Å². The quantitative estimate of drug-likeness (QED) is 0.115. The van der Waals surface area contributed by atoms with Gasteiger partial charge in [0.25, 0.3) is 23.6 Å². The van der Waals surface area contributed by atoms with Crippen LogP contribution in [0, 0.1) is 0 Å². The lowest BCUT2D eigenvalue weighted by atomic mass is 10.0. The molecule has 2 unspecified atom stereocenters. The maximum atomic E-state index is 13.0. The number of rotatable bonds is 20. The van der Waals surface area contributed by atoms with Crippen LogP contribution in [0.1, 0.15) is 167 Å². The highest BCUT2D eigenvalue weighted by molar-refractivity contribution is 6.24. The standard InChI is InChI=1S/C31H42N4O8.C26H34N4O6.2CH4/c1-31(2,3)43-30(40)34-18-22(19-34)42-20-11-14-33(15-12-20)13-5-4-6-16-41-21-7-8-23-24(17-21)29(39)35(28(23)38)25-9-10-26(36)32-27(25)37;31-23-7-6-22(24(32)28-23)30-25(33)20-5-4-18(14-21(20)26(30)34)35-13-3-1-2-10-29-11-8-17(9-12-29)36-19-15-27-16-19;;/h7-8,17,20,22,25H,4-6,9-16,18-19H2,1-3H3,(H,32,36,37);4-5,14,17,19,22,27H,1-3,6-13,15-16H2,(H,28,31,32);2*1H4. The molecule has 2 atom stereocenters. The van der Waals surface area contributed by atoms with E-state index in [1.807, 2.05) is 20.8 Å². The van der Waals surface area contributed by atoms with E-state index < -0.39 is 59.0 Å². The summed E-state index contributed by atoms with van der Waals surface area (Å²) in [7, 11) is 0. The van der Waals surface area contributed by atoms with Gasteiger partial charge in [-0.3, -0.25) is 58.8 Å². The lowest BCUT2D eigenvalue weighted by molar-refractivity contribution is -0.137. The predicted molar refractivity (Wildman–Crippen MR) is 298 cm³/mol. The first-order valence-corrected chi connectivity index (χ1v) is 28.4. The zero-order valence-corrected chi connectivity index (χ0v) is 45.8. The van der Waals surface area contributed by atoms with E-state index in [-0.39, 0.29) is 87.0 Å². The number of fused-ring (bicyclic) bond motifs is 2. The van der Waals surface area contributed by atoms with Gasteiger partial charge in [0.15, 0.2) is 0 Å². The number of hydrogen-bond donors (Lipinski definition) is 3. The van der Waals surface area contributed by atoms with Gasteiger partial charge in [-0.05, 0) is 147 Å². The van der Waals surface area contributed by atoms with Gasteiger partial charge in [0.05, 0.1) is 73.0 Å². The molecule has 444 valence electrons. The fourth-order valence-electron chi connectivity index (χ4n) is 11.1. The maximum Gasteiger partial charge on any atom is 0.410 e. The van der Waals surface area contributed by atoms with E-state index in [9.17, 15) is 43.2 Å². The van der Waals surface area contributed by atoms with Crippen LogP contribution in [0.15, 0.2) is 36.4 Å². The molecular weight excluding hydrogens is 1040 g/mol. The molecule has 0 saturated carbocycles. The van der Waals surface area contributed by atoms with E-state index in [0.717, 1.165) is 126 Å². The van der Waals surface area contributed by atoms with E-state index in [4.69, 9.17) is 23.7 Å². The minimum atomic E-state index is -0.979. The van der Waals surface area contributed by atoms with Gasteiger partial charge < -0.3 is 43.7 Å². The Balaban J connectivity index is 0.000000231. The lowest BCUT2D eigenvalue weighted by Gasteiger charge is -2.42. The molecule has 81 heavy (non-hydrogen) atoms. The van der Waals surface area contributed by atoms with Crippen LogP contribution < -0.4 is 25.4 Å². The number of likely N-dealkylation sites (tertiary alicyclic amines) is 3. The molecule has 3 N–H and O–H groups in total. The molecule has 0 aromatic heterocycles. The van der Waals surface area contributed by atoms with Gasteiger partial charge in [-0.15, -0.1) is 0 Å². The van der Waals surface area contributed by atoms with E-state index in [0.29, 0.717) is 50.0 Å². The molecule has 0 radical (unpaired) electrons. The summed E-state index contributed by atoms with van der Waals surface area (Å²) >= 11 is 0. The number of carbonyl (C=O) groups is 9. The number of benzene rings is 2. The third kappa shape index (κ3) is 15.8. The highest BCUT2D eigenvalue weighted by Gasteiger charge is 2.46. The Labute approximate surface area is 475 Å². The largest absolute Gasteiger partial charge is 0.494 e. The van der Waals surface area contributed by atoms with Crippen molar-refractivity contribution in [2.24, 2.45) is 0 Å². The van der Waals surface area contributed by atoms with Gasteiger partial charge >= 0.3 is 6.09 Å². The Morgan fingerprint density at radius 2 is 0.951 bits per heavy atom. The molecule has 6 fully saturated rings. The van der Waals surface area contributed by atoms with Crippen molar-refractivity contribution >= 4 is 53.4 Å². The summed E-state index contributed by atoms with van der Waals surface area (Å²) in [6.45, 7) is 16.1. The first kappa shape index (κ1) is 62.3. The van der Waals surface area contributed by atoms with Crippen LogP contribution in [0.3, 0.4) is 0 Å². The Hall–Kier alpha value is -6.33. The van der Waals surface area contributed by atoms with Crippen LogP contribution in [-0.2, 0) is 33.4 Å². The van der Waals surface area contributed by atoms with Crippen LogP contribution in [-0.4, -0.2) is 199 Å². The Morgan fingerprint density at radius 3 is 1.35 bits per heavy atom. The molecule has 22 heteroatoms. The van der Waals surface area contributed by atoms with E-state index in [1.165, 1.54) is 0 Å². The van der Waals surface area contributed by atoms with Gasteiger partial charge in [-0.25, -0.2) is 4.79 Å². The van der Waals surface area contributed by atoms with Gasteiger partial charge in [-0.1, -0.05) is 14.9 Å². The van der Waals surface area contributed by atoms with Crippen molar-refractivity contribution in [1.82, 2.24) is 40.4 Å². The minimum absolute atomic E-state index is 0. The first-order chi connectivity index (χ1) is 38.0. The maximum absolute atomic E-state index is 13.0. The zero-order chi connectivity index (χ0) is 55.8. The normalized spacial score (nSPS) is 22.1. The smallest absolute Gasteiger partial charge is 0.410 e. The number of amides is 9. The fraction of sp³-hybridized carbons (Fsp3) is 0.644. The van der Waals surface area contributed by atoms with Gasteiger partial charge in [0.2, 0.25) is 23.6 Å². The molecule has 2 aromatic rings. The predicted octanol–water partition coefficient (Wildman–Crippen LogP) is 5.10. The lowest BCUT2D eigenvalue weighted by Crippen LogP contribution is -2.57. The summed E-state index contributed by atoms with van der Waals surface area (Å²) in [5.41, 5.74) is 0.475. The van der Waals surface area contributed by atoms with Crippen LogP contribution in [0.5, 0.6) is 11.5 Å². The highest BCUT2D eigenvalue weighted by Crippen LogP contribution is 2.33. The zero-order valence-electron chi connectivity index (χ0n) is 45.8. The van der Waals surface area contributed by atoms with Crippen LogP contribution in [0.4, 0.5) is 4.79 Å². The van der Waals surface area contributed by atoms with E-state index in [1.54, 1.807) is 41.3 Å². The summed E-state index contributed by atoms with van der Waals surface area (Å²) in [5.74, 6) is -3.07. The van der Waals surface area contributed by atoms with Crippen molar-refractivity contribution in [1.29, 1.82) is 0 Å². The van der Waals surface area contributed by atoms with Crippen molar-refractivity contribution in [3.63, 3.8) is 0 Å². The molecule has 8 heterocycles. The molecule has 10 rings (SSSR count). The second-order valence-corrected chi connectivity index (χ2v) is 22.8. The second kappa shape index (κ2) is 28.1. The van der Waals surface area contributed by atoms with Crippen molar-refractivity contribution in [3.05, 3.63) is 58.7 Å².